The van der Waals surface area contributed by atoms with Gasteiger partial charge in [0.15, 0.2) is 0 Å². The number of nitrogens with one attached hydrogen (secondary N) is 1. The molecule has 0 amide bonds. The fraction of sp³-hybridized carbons (Fsp3) is 0.625. The lowest BCUT2D eigenvalue weighted by Crippen LogP contribution is -2.43. The van der Waals surface area contributed by atoms with Crippen LogP contribution < -0.4 is 5.32 Å². The van der Waals surface area contributed by atoms with Gasteiger partial charge in [0.25, 0.3) is 0 Å². The van der Waals surface area contributed by atoms with Gasteiger partial charge in [0.05, 0.1) is 6.10 Å². The first-order valence-corrected chi connectivity index (χ1v) is 7.49. The molecule has 3 heteroatoms. The van der Waals surface area contributed by atoms with Gasteiger partial charge in [-0.15, -0.1) is 0 Å². The molecule has 0 radical (unpaired) electrons. The summed E-state index contributed by atoms with van der Waals surface area (Å²) in [5, 5.41) is 4.40. The highest BCUT2D eigenvalue weighted by atomic mass is 35.5. The van der Waals surface area contributed by atoms with Crippen LogP contribution in [-0.4, -0.2) is 25.3 Å². The fourth-order valence-corrected chi connectivity index (χ4v) is 3.02. The lowest BCUT2D eigenvalue weighted by atomic mass is 9.76. The average Bonchev–Trinajstić information content (AvgIpc) is 2.69. The maximum absolute atomic E-state index is 6.09. The second-order valence-electron chi connectivity index (χ2n) is 5.97. The lowest BCUT2D eigenvalue weighted by Gasteiger charge is -2.33. The van der Waals surface area contributed by atoms with E-state index in [9.17, 15) is 0 Å². The van der Waals surface area contributed by atoms with Crippen LogP contribution in [0.3, 0.4) is 0 Å². The summed E-state index contributed by atoms with van der Waals surface area (Å²) in [7, 11) is 0. The quantitative estimate of drug-likeness (QED) is 0.889. The Balaban J connectivity index is 2.14. The second kappa shape index (κ2) is 6.25. The number of rotatable bonds is 5. The Labute approximate surface area is 121 Å². The highest BCUT2D eigenvalue weighted by Gasteiger charge is 2.41. The maximum atomic E-state index is 6.09. The Morgan fingerprint density at radius 1 is 1.47 bits per heavy atom. The van der Waals surface area contributed by atoms with Gasteiger partial charge in [-0.1, -0.05) is 37.6 Å². The number of hydrogen-bond donors (Lipinski definition) is 1. The molecule has 2 atom stereocenters. The molecule has 1 N–H and O–H groups in total. The maximum Gasteiger partial charge on any atom is 0.0619 e. The van der Waals surface area contributed by atoms with Gasteiger partial charge in [0, 0.05) is 29.6 Å². The van der Waals surface area contributed by atoms with Crippen LogP contribution >= 0.6 is 11.6 Å². The van der Waals surface area contributed by atoms with Crippen molar-refractivity contribution in [3.8, 4) is 0 Å². The van der Waals surface area contributed by atoms with Gasteiger partial charge in [-0.25, -0.2) is 0 Å². The molecule has 1 aromatic carbocycles. The van der Waals surface area contributed by atoms with Crippen molar-refractivity contribution in [2.45, 2.75) is 45.8 Å². The molecule has 2 unspecified atom stereocenters. The number of halogens is 1. The Morgan fingerprint density at radius 3 is 2.84 bits per heavy atom. The molecule has 1 heterocycles. The van der Waals surface area contributed by atoms with Crippen LogP contribution in [-0.2, 0) is 11.2 Å². The number of ether oxygens (including phenoxy) is 1. The van der Waals surface area contributed by atoms with Gasteiger partial charge in [-0.2, -0.15) is 0 Å². The zero-order valence-corrected chi connectivity index (χ0v) is 12.8. The smallest absolute Gasteiger partial charge is 0.0619 e. The summed E-state index contributed by atoms with van der Waals surface area (Å²) < 4.78 is 5.83. The molecule has 1 aromatic rings. The summed E-state index contributed by atoms with van der Waals surface area (Å²) in [4.78, 5) is 0. The first kappa shape index (κ1) is 14.8. The normalized spacial score (nSPS) is 27.1. The van der Waals surface area contributed by atoms with Gasteiger partial charge in [0.1, 0.15) is 0 Å². The second-order valence-corrected chi connectivity index (χ2v) is 6.40. The summed E-state index contributed by atoms with van der Waals surface area (Å²) in [6, 6.07) is 8.70. The monoisotopic (exact) mass is 281 g/mol. The standard InChI is InChI=1S/C16H24ClNO/c1-12(2)18-11-16(7-8-19-13(16)3)10-14-5-4-6-15(17)9-14/h4-6,9,12-13,18H,7-8,10-11H2,1-3H3. The van der Waals surface area contributed by atoms with Crippen LogP contribution in [0.5, 0.6) is 0 Å². The van der Waals surface area contributed by atoms with E-state index in [0.29, 0.717) is 6.04 Å². The van der Waals surface area contributed by atoms with E-state index in [1.54, 1.807) is 0 Å². The van der Waals surface area contributed by atoms with E-state index < -0.39 is 0 Å². The minimum Gasteiger partial charge on any atom is -0.378 e. The van der Waals surface area contributed by atoms with E-state index in [0.717, 1.165) is 31.0 Å². The van der Waals surface area contributed by atoms with E-state index in [1.807, 2.05) is 12.1 Å². The molecule has 0 aromatic heterocycles. The molecule has 0 aliphatic carbocycles. The lowest BCUT2D eigenvalue weighted by molar-refractivity contribution is 0.0621. The summed E-state index contributed by atoms with van der Waals surface area (Å²) in [5.74, 6) is 0. The minimum absolute atomic E-state index is 0.189. The molecule has 2 nitrogen and oxygen atoms in total. The Kier molecular flexibility index (Phi) is 4.88. The number of hydrogen-bond acceptors (Lipinski definition) is 2. The molecular formula is C16H24ClNO. The Morgan fingerprint density at radius 2 is 2.26 bits per heavy atom. The largest absolute Gasteiger partial charge is 0.378 e. The van der Waals surface area contributed by atoms with Gasteiger partial charge in [-0.05, 0) is 37.5 Å². The van der Waals surface area contributed by atoms with E-state index >= 15 is 0 Å². The van der Waals surface area contributed by atoms with E-state index in [-0.39, 0.29) is 11.5 Å². The third-order valence-electron chi connectivity index (χ3n) is 4.14. The van der Waals surface area contributed by atoms with E-state index in [1.165, 1.54) is 5.56 Å². The van der Waals surface area contributed by atoms with Crippen molar-refractivity contribution in [2.24, 2.45) is 5.41 Å². The van der Waals surface area contributed by atoms with Crippen LogP contribution in [0, 0.1) is 5.41 Å². The fourth-order valence-electron chi connectivity index (χ4n) is 2.81. The summed E-state index contributed by atoms with van der Waals surface area (Å²) in [6.07, 6.45) is 2.42. The first-order valence-electron chi connectivity index (χ1n) is 7.11. The number of benzene rings is 1. The van der Waals surface area contributed by atoms with Gasteiger partial charge in [-0.3, -0.25) is 0 Å². The predicted molar refractivity (Wildman–Crippen MR) is 80.8 cm³/mol. The molecule has 19 heavy (non-hydrogen) atoms. The molecule has 1 aliphatic heterocycles. The van der Waals surface area contributed by atoms with Crippen molar-refractivity contribution in [3.05, 3.63) is 34.9 Å². The Bertz CT molecular complexity index is 421. The highest BCUT2D eigenvalue weighted by Crippen LogP contribution is 2.38. The third kappa shape index (κ3) is 3.71. The molecule has 0 saturated carbocycles. The predicted octanol–water partition coefficient (Wildman–Crippen LogP) is 3.68. The van der Waals surface area contributed by atoms with Crippen molar-refractivity contribution >= 4 is 11.6 Å². The van der Waals surface area contributed by atoms with Crippen molar-refractivity contribution in [1.29, 1.82) is 0 Å². The van der Waals surface area contributed by atoms with Gasteiger partial charge < -0.3 is 10.1 Å². The summed E-state index contributed by atoms with van der Waals surface area (Å²) >= 11 is 6.09. The van der Waals surface area contributed by atoms with Crippen LogP contribution in [0.4, 0.5) is 0 Å². The molecule has 2 rings (SSSR count). The van der Waals surface area contributed by atoms with Crippen LogP contribution in [0.25, 0.3) is 0 Å². The molecular weight excluding hydrogens is 258 g/mol. The zero-order valence-electron chi connectivity index (χ0n) is 12.1. The molecule has 0 spiro atoms. The summed E-state index contributed by atoms with van der Waals surface area (Å²) in [6.45, 7) is 8.43. The van der Waals surface area contributed by atoms with Gasteiger partial charge in [0.2, 0.25) is 0 Å². The van der Waals surface area contributed by atoms with E-state index in [2.05, 4.69) is 38.2 Å². The molecule has 1 aliphatic rings. The molecule has 106 valence electrons. The van der Waals surface area contributed by atoms with Gasteiger partial charge >= 0.3 is 0 Å². The van der Waals surface area contributed by atoms with Crippen LogP contribution in [0.2, 0.25) is 5.02 Å². The zero-order chi connectivity index (χ0) is 13.9. The van der Waals surface area contributed by atoms with Crippen LogP contribution in [0.15, 0.2) is 24.3 Å². The van der Waals surface area contributed by atoms with Crippen molar-refractivity contribution < 1.29 is 4.74 Å². The molecule has 1 saturated heterocycles. The first-order chi connectivity index (χ1) is 9.02. The molecule has 1 fully saturated rings. The van der Waals surface area contributed by atoms with E-state index in [4.69, 9.17) is 16.3 Å². The Hall–Kier alpha value is -0.570. The minimum atomic E-state index is 0.189. The third-order valence-corrected chi connectivity index (χ3v) is 4.37. The topological polar surface area (TPSA) is 21.3 Å². The van der Waals surface area contributed by atoms with Crippen LogP contribution in [0.1, 0.15) is 32.8 Å². The highest BCUT2D eigenvalue weighted by molar-refractivity contribution is 6.30. The molecule has 0 bridgehead atoms. The summed E-state index contributed by atoms with van der Waals surface area (Å²) in [5.41, 5.74) is 1.49. The van der Waals surface area contributed by atoms with Crippen molar-refractivity contribution in [2.75, 3.05) is 13.2 Å². The van der Waals surface area contributed by atoms with Crippen molar-refractivity contribution in [3.63, 3.8) is 0 Å². The SMILES string of the molecule is CC(C)NCC1(Cc2cccc(Cl)c2)CCOC1C. The average molecular weight is 282 g/mol. The van der Waals surface area contributed by atoms with Crippen molar-refractivity contribution in [1.82, 2.24) is 5.32 Å².